The predicted octanol–water partition coefficient (Wildman–Crippen LogP) is 3.33. The lowest BCUT2D eigenvalue weighted by Crippen LogP contribution is -2.50. The molecular weight excluding hydrogens is 312 g/mol. The molecule has 0 saturated heterocycles. The molecule has 0 radical (unpaired) electrons. The van der Waals surface area contributed by atoms with Crippen LogP contribution in [0.15, 0.2) is 18.2 Å². The van der Waals surface area contributed by atoms with E-state index in [1.807, 2.05) is 0 Å². The number of hydrogen-bond acceptors (Lipinski definition) is 3. The maximum atomic E-state index is 13.6. The number of thiol groups is 1. The van der Waals surface area contributed by atoms with Gasteiger partial charge in [-0.25, -0.2) is 13.6 Å². The first-order valence-corrected chi connectivity index (χ1v) is 5.36. The Kier molecular flexibility index (Phi) is 4.59. The van der Waals surface area contributed by atoms with E-state index in [2.05, 4.69) is 12.6 Å². The highest BCUT2D eigenvalue weighted by Gasteiger charge is 2.59. The zero-order chi connectivity index (χ0) is 15.7. The van der Waals surface area contributed by atoms with Gasteiger partial charge in [0.05, 0.1) is 10.9 Å². The number of benzene rings is 1. The molecule has 0 aliphatic heterocycles. The fourth-order valence-electron chi connectivity index (χ4n) is 1.34. The molecule has 0 saturated carbocycles. The van der Waals surface area contributed by atoms with Crippen molar-refractivity contribution in [3.05, 3.63) is 35.1 Å². The van der Waals surface area contributed by atoms with Gasteiger partial charge >= 0.3 is 11.2 Å². The third-order valence-electron chi connectivity index (χ3n) is 2.45. The summed E-state index contributed by atoms with van der Waals surface area (Å²) in [5, 5.41) is 1.38. The molecule has 0 aliphatic rings. The SMILES string of the molecule is O=C(O)c1ccc(C[C@](F)(N(F)F)C(F)(F)S)c(F)c1. The van der Waals surface area contributed by atoms with E-state index in [0.717, 1.165) is 6.07 Å². The minimum absolute atomic E-state index is 0.412. The Balaban J connectivity index is 3.17. The fraction of sp³-hybridized carbons (Fsp3) is 0.300. The van der Waals surface area contributed by atoms with Crippen LogP contribution >= 0.6 is 12.6 Å². The third kappa shape index (κ3) is 3.18. The lowest BCUT2D eigenvalue weighted by Gasteiger charge is -2.29. The van der Waals surface area contributed by atoms with Crippen molar-refractivity contribution < 1.29 is 36.4 Å². The summed E-state index contributed by atoms with van der Waals surface area (Å²) in [7, 11) is 0. The smallest absolute Gasteiger partial charge is 0.343 e. The molecule has 10 heteroatoms. The summed E-state index contributed by atoms with van der Waals surface area (Å²) in [5.74, 6) is -7.45. The first-order chi connectivity index (χ1) is 8.99. The maximum absolute atomic E-state index is 13.6. The number of carbonyl (C=O) groups is 1. The molecule has 0 unspecified atom stereocenters. The van der Waals surface area contributed by atoms with Gasteiger partial charge < -0.3 is 5.11 Å². The molecule has 1 aromatic carbocycles. The zero-order valence-electron chi connectivity index (χ0n) is 9.46. The fourth-order valence-corrected chi connectivity index (χ4v) is 1.50. The molecule has 1 atom stereocenters. The van der Waals surface area contributed by atoms with Gasteiger partial charge in [0.15, 0.2) is 0 Å². The molecule has 0 bridgehead atoms. The Morgan fingerprint density at radius 2 is 1.85 bits per heavy atom. The van der Waals surface area contributed by atoms with Crippen molar-refractivity contribution in [3.8, 4) is 0 Å². The second-order valence-corrected chi connectivity index (χ2v) is 4.38. The normalized spacial score (nSPS) is 15.2. The van der Waals surface area contributed by atoms with Crippen LogP contribution in [0.3, 0.4) is 0 Å². The second-order valence-electron chi connectivity index (χ2n) is 3.82. The lowest BCUT2D eigenvalue weighted by molar-refractivity contribution is -0.322. The van der Waals surface area contributed by atoms with Crippen LogP contribution in [-0.2, 0) is 6.42 Å². The van der Waals surface area contributed by atoms with Crippen molar-refractivity contribution in [1.82, 2.24) is 5.34 Å². The summed E-state index contributed by atoms with van der Waals surface area (Å²) >= 11 is 2.45. The van der Waals surface area contributed by atoms with E-state index >= 15 is 0 Å². The summed E-state index contributed by atoms with van der Waals surface area (Å²) in [6, 6.07) is 1.82. The van der Waals surface area contributed by atoms with E-state index < -0.39 is 45.7 Å². The Labute approximate surface area is 114 Å². The lowest BCUT2D eigenvalue weighted by atomic mass is 10.0. The molecule has 1 aromatic rings. The van der Waals surface area contributed by atoms with Crippen LogP contribution in [0.1, 0.15) is 15.9 Å². The molecule has 1 rings (SSSR count). The Morgan fingerprint density at radius 3 is 2.20 bits per heavy atom. The van der Waals surface area contributed by atoms with E-state index in [4.69, 9.17) is 5.11 Å². The highest BCUT2D eigenvalue weighted by atomic mass is 32.1. The van der Waals surface area contributed by atoms with Crippen molar-refractivity contribution in [3.63, 3.8) is 0 Å². The van der Waals surface area contributed by atoms with Crippen molar-refractivity contribution in [1.29, 1.82) is 0 Å². The summed E-state index contributed by atoms with van der Waals surface area (Å²) in [5.41, 5.74) is -1.38. The van der Waals surface area contributed by atoms with Gasteiger partial charge in [0, 0.05) is 6.42 Å². The Hall–Kier alpha value is -1.42. The maximum Gasteiger partial charge on any atom is 0.343 e. The van der Waals surface area contributed by atoms with Crippen molar-refractivity contribution in [2.24, 2.45) is 0 Å². The van der Waals surface area contributed by atoms with Crippen LogP contribution in [0.4, 0.5) is 26.5 Å². The average Bonchev–Trinajstić information content (AvgIpc) is 2.29. The van der Waals surface area contributed by atoms with E-state index in [9.17, 15) is 31.3 Å². The van der Waals surface area contributed by atoms with Crippen molar-refractivity contribution >= 4 is 18.6 Å². The van der Waals surface area contributed by atoms with Gasteiger partial charge in [-0.3, -0.25) is 0 Å². The summed E-state index contributed by atoms with van der Waals surface area (Å²) in [4.78, 5) is 10.5. The molecule has 20 heavy (non-hydrogen) atoms. The topological polar surface area (TPSA) is 40.5 Å². The molecular formula is C10H7F6NO2S. The van der Waals surface area contributed by atoms with Crippen LogP contribution in [-0.4, -0.2) is 27.5 Å². The summed E-state index contributed by atoms with van der Waals surface area (Å²) < 4.78 is 77.3. The van der Waals surface area contributed by atoms with Gasteiger partial charge in [-0.05, 0) is 17.7 Å². The van der Waals surface area contributed by atoms with Crippen LogP contribution in [0.5, 0.6) is 0 Å². The molecule has 0 aliphatic carbocycles. The van der Waals surface area contributed by atoms with Crippen LogP contribution in [0, 0.1) is 5.82 Å². The van der Waals surface area contributed by atoms with Gasteiger partial charge in [-0.15, -0.1) is 12.6 Å². The van der Waals surface area contributed by atoms with Crippen molar-refractivity contribution in [2.45, 2.75) is 17.5 Å². The molecule has 0 aromatic heterocycles. The van der Waals surface area contributed by atoms with E-state index in [-0.39, 0.29) is 0 Å². The number of carboxylic acid groups (broad SMARTS) is 1. The van der Waals surface area contributed by atoms with E-state index in [1.54, 1.807) is 0 Å². The zero-order valence-corrected chi connectivity index (χ0v) is 10.4. The first-order valence-electron chi connectivity index (χ1n) is 4.91. The second kappa shape index (κ2) is 5.52. The standard InChI is InChI=1S/C10H7F6NO2S/c11-7-3-5(8(18)19)1-2-6(7)4-9(12,17(15)16)10(13,14)20/h1-3,20H,4H2,(H,18,19)/t9-/m0/s1. The number of aromatic carboxylic acids is 1. The van der Waals surface area contributed by atoms with Gasteiger partial charge in [0.2, 0.25) is 0 Å². The quantitative estimate of drug-likeness (QED) is 0.378. The minimum atomic E-state index is -4.77. The molecule has 0 fully saturated rings. The Morgan fingerprint density at radius 1 is 1.30 bits per heavy atom. The van der Waals surface area contributed by atoms with Gasteiger partial charge in [-0.2, -0.15) is 8.78 Å². The summed E-state index contributed by atoms with van der Waals surface area (Å²) in [6.07, 6.45) is -1.72. The average molecular weight is 319 g/mol. The number of hydrogen-bond donors (Lipinski definition) is 2. The highest BCUT2D eigenvalue weighted by molar-refractivity contribution is 7.81. The van der Waals surface area contributed by atoms with Crippen molar-refractivity contribution in [2.75, 3.05) is 0 Å². The van der Waals surface area contributed by atoms with Crippen LogP contribution in [0.25, 0.3) is 0 Å². The number of nitrogens with zero attached hydrogens (tertiary/aromatic N) is 1. The first kappa shape index (κ1) is 16.6. The molecule has 1 N–H and O–H groups in total. The van der Waals surface area contributed by atoms with E-state index in [0.29, 0.717) is 12.1 Å². The molecule has 0 amide bonds. The number of halogens is 6. The number of alkyl halides is 3. The minimum Gasteiger partial charge on any atom is -0.478 e. The van der Waals surface area contributed by atoms with Crippen LogP contribution in [0.2, 0.25) is 0 Å². The summed E-state index contributed by atoms with van der Waals surface area (Å²) in [6.45, 7) is 0. The monoisotopic (exact) mass is 319 g/mol. The largest absolute Gasteiger partial charge is 0.478 e. The number of carboxylic acids is 1. The van der Waals surface area contributed by atoms with Gasteiger partial charge in [-0.1, -0.05) is 15.0 Å². The van der Waals surface area contributed by atoms with E-state index in [1.165, 1.54) is 0 Å². The predicted molar refractivity (Wildman–Crippen MR) is 58.9 cm³/mol. The molecule has 0 spiro atoms. The van der Waals surface area contributed by atoms with Crippen LogP contribution < -0.4 is 0 Å². The molecule has 3 nitrogen and oxygen atoms in total. The molecule has 112 valence electrons. The third-order valence-corrected chi connectivity index (χ3v) is 2.80. The number of rotatable bonds is 5. The molecule has 0 heterocycles. The highest BCUT2D eigenvalue weighted by Crippen LogP contribution is 2.42. The van der Waals surface area contributed by atoms with Gasteiger partial charge in [0.1, 0.15) is 5.82 Å². The van der Waals surface area contributed by atoms with Gasteiger partial charge in [0.25, 0.3) is 5.79 Å². The Bertz CT molecular complexity index is 521.